The van der Waals surface area contributed by atoms with Gasteiger partial charge in [0, 0.05) is 11.8 Å². The van der Waals surface area contributed by atoms with Crippen molar-refractivity contribution in [3.63, 3.8) is 0 Å². The van der Waals surface area contributed by atoms with Gasteiger partial charge in [-0.25, -0.2) is 4.39 Å². The summed E-state index contributed by atoms with van der Waals surface area (Å²) in [6.07, 6.45) is 2.91. The van der Waals surface area contributed by atoms with Crippen LogP contribution in [0, 0.1) is 5.82 Å². The molecule has 1 N–H and O–H groups in total. The SMILES string of the molecule is CCNC(CC)CCCS(=O)c1ccccc1F. The van der Waals surface area contributed by atoms with Crippen molar-refractivity contribution in [1.82, 2.24) is 5.32 Å². The van der Waals surface area contributed by atoms with Gasteiger partial charge >= 0.3 is 0 Å². The Morgan fingerprint density at radius 1 is 1.33 bits per heavy atom. The third-order valence-electron chi connectivity index (χ3n) is 2.95. The number of halogens is 1. The second-order valence-electron chi connectivity index (χ2n) is 4.29. The Balaban J connectivity index is 2.40. The summed E-state index contributed by atoms with van der Waals surface area (Å²) in [6, 6.07) is 6.79. The number of hydrogen-bond donors (Lipinski definition) is 1. The molecule has 0 bridgehead atoms. The van der Waals surface area contributed by atoms with E-state index in [4.69, 9.17) is 0 Å². The molecule has 4 heteroatoms. The van der Waals surface area contributed by atoms with Crippen LogP contribution in [0.5, 0.6) is 0 Å². The molecule has 0 aliphatic carbocycles. The summed E-state index contributed by atoms with van der Waals surface area (Å²) in [4.78, 5) is 0.328. The third-order valence-corrected chi connectivity index (χ3v) is 4.43. The zero-order valence-electron chi connectivity index (χ0n) is 11.1. The largest absolute Gasteiger partial charge is 0.314 e. The average molecular weight is 271 g/mol. The van der Waals surface area contributed by atoms with Gasteiger partial charge in [-0.2, -0.15) is 0 Å². The van der Waals surface area contributed by atoms with Crippen molar-refractivity contribution >= 4 is 10.8 Å². The maximum absolute atomic E-state index is 13.4. The summed E-state index contributed by atoms with van der Waals surface area (Å²) < 4.78 is 25.4. The molecule has 2 nitrogen and oxygen atoms in total. The van der Waals surface area contributed by atoms with Crippen LogP contribution in [0.2, 0.25) is 0 Å². The predicted octanol–water partition coefficient (Wildman–Crippen LogP) is 3.10. The molecule has 0 aliphatic rings. The van der Waals surface area contributed by atoms with E-state index in [9.17, 15) is 8.60 Å². The summed E-state index contributed by atoms with van der Waals surface area (Å²) in [5.74, 6) is 0.164. The van der Waals surface area contributed by atoms with Crippen molar-refractivity contribution in [3.8, 4) is 0 Å². The van der Waals surface area contributed by atoms with E-state index in [-0.39, 0.29) is 5.82 Å². The first-order valence-electron chi connectivity index (χ1n) is 6.55. The Labute approximate surface area is 111 Å². The van der Waals surface area contributed by atoms with Gasteiger partial charge < -0.3 is 5.32 Å². The van der Waals surface area contributed by atoms with Crippen LogP contribution in [0.4, 0.5) is 4.39 Å². The van der Waals surface area contributed by atoms with E-state index in [1.54, 1.807) is 18.2 Å². The van der Waals surface area contributed by atoms with Crippen LogP contribution in [0.15, 0.2) is 29.2 Å². The first-order valence-corrected chi connectivity index (χ1v) is 7.87. The van der Waals surface area contributed by atoms with E-state index >= 15 is 0 Å². The Hall–Kier alpha value is -0.740. The van der Waals surface area contributed by atoms with Gasteiger partial charge in [0.2, 0.25) is 0 Å². The van der Waals surface area contributed by atoms with Crippen molar-refractivity contribution < 1.29 is 8.60 Å². The van der Waals surface area contributed by atoms with Gasteiger partial charge in [0.25, 0.3) is 0 Å². The monoisotopic (exact) mass is 271 g/mol. The second-order valence-corrected chi connectivity index (χ2v) is 5.82. The first kappa shape index (κ1) is 15.3. The summed E-state index contributed by atoms with van der Waals surface area (Å²) in [5, 5.41) is 3.38. The van der Waals surface area contributed by atoms with E-state index in [0.29, 0.717) is 16.7 Å². The van der Waals surface area contributed by atoms with Crippen molar-refractivity contribution in [3.05, 3.63) is 30.1 Å². The van der Waals surface area contributed by atoms with E-state index in [1.807, 2.05) is 0 Å². The highest BCUT2D eigenvalue weighted by Gasteiger charge is 2.10. The van der Waals surface area contributed by atoms with Crippen LogP contribution >= 0.6 is 0 Å². The maximum Gasteiger partial charge on any atom is 0.139 e. The lowest BCUT2D eigenvalue weighted by atomic mass is 10.1. The van der Waals surface area contributed by atoms with E-state index in [0.717, 1.165) is 25.8 Å². The Morgan fingerprint density at radius 3 is 2.67 bits per heavy atom. The number of rotatable bonds is 8. The van der Waals surface area contributed by atoms with E-state index < -0.39 is 10.8 Å². The molecular formula is C14H22FNOS. The summed E-state index contributed by atoms with van der Waals surface area (Å²) in [6.45, 7) is 5.18. The van der Waals surface area contributed by atoms with Gasteiger partial charge in [-0.3, -0.25) is 4.21 Å². The molecule has 102 valence electrons. The van der Waals surface area contributed by atoms with Gasteiger partial charge in [0.1, 0.15) is 5.82 Å². The fourth-order valence-electron chi connectivity index (χ4n) is 1.94. The van der Waals surface area contributed by atoms with Gasteiger partial charge in [-0.1, -0.05) is 26.0 Å². The second kappa shape index (κ2) is 8.38. The molecule has 0 aliphatic heterocycles. The van der Waals surface area contributed by atoms with Crippen molar-refractivity contribution in [2.75, 3.05) is 12.3 Å². The fourth-order valence-corrected chi connectivity index (χ4v) is 3.10. The van der Waals surface area contributed by atoms with E-state index in [2.05, 4.69) is 19.2 Å². The summed E-state index contributed by atoms with van der Waals surface area (Å²) in [5.41, 5.74) is 0. The standard InChI is InChI=1S/C14H22FNOS/c1-3-12(16-4-2)8-7-11-18(17)14-10-6-5-9-13(14)15/h5-6,9-10,12,16H,3-4,7-8,11H2,1-2H3. The molecule has 0 amide bonds. The molecular weight excluding hydrogens is 249 g/mol. The molecule has 0 saturated heterocycles. The van der Waals surface area contributed by atoms with Crippen molar-refractivity contribution in [1.29, 1.82) is 0 Å². The zero-order valence-corrected chi connectivity index (χ0v) is 11.9. The quantitative estimate of drug-likeness (QED) is 0.787. The number of benzene rings is 1. The summed E-state index contributed by atoms with van der Waals surface area (Å²) in [7, 11) is -1.22. The highest BCUT2D eigenvalue weighted by Crippen LogP contribution is 2.13. The van der Waals surface area contributed by atoms with Crippen molar-refractivity contribution in [2.24, 2.45) is 0 Å². The van der Waals surface area contributed by atoms with Crippen LogP contribution < -0.4 is 5.32 Å². The highest BCUT2D eigenvalue weighted by molar-refractivity contribution is 7.85. The van der Waals surface area contributed by atoms with Crippen molar-refractivity contribution in [2.45, 2.75) is 44.0 Å². The molecule has 2 atom stereocenters. The topological polar surface area (TPSA) is 29.1 Å². The fraction of sp³-hybridized carbons (Fsp3) is 0.571. The molecule has 1 aromatic carbocycles. The van der Waals surface area contributed by atoms with Crippen LogP contribution in [0.25, 0.3) is 0 Å². The van der Waals surface area contributed by atoms with Gasteiger partial charge in [0.05, 0.1) is 15.7 Å². The lowest BCUT2D eigenvalue weighted by Gasteiger charge is -2.15. The molecule has 0 saturated carbocycles. The zero-order chi connectivity index (χ0) is 13.4. The van der Waals surface area contributed by atoms with Crippen LogP contribution in [-0.4, -0.2) is 22.5 Å². The Morgan fingerprint density at radius 2 is 2.06 bits per heavy atom. The molecule has 1 aromatic rings. The van der Waals surface area contributed by atoms with Crippen LogP contribution in [0.3, 0.4) is 0 Å². The molecule has 0 fully saturated rings. The van der Waals surface area contributed by atoms with Crippen LogP contribution in [-0.2, 0) is 10.8 Å². The lowest BCUT2D eigenvalue weighted by molar-refractivity contribution is 0.476. The normalized spacial score (nSPS) is 14.4. The molecule has 0 spiro atoms. The third kappa shape index (κ3) is 4.86. The molecule has 18 heavy (non-hydrogen) atoms. The molecule has 2 unspecified atom stereocenters. The average Bonchev–Trinajstić information content (AvgIpc) is 2.38. The van der Waals surface area contributed by atoms with Gasteiger partial charge in [-0.15, -0.1) is 0 Å². The van der Waals surface area contributed by atoms with Crippen LogP contribution in [0.1, 0.15) is 33.1 Å². The molecule has 0 aromatic heterocycles. The molecule has 0 heterocycles. The summed E-state index contributed by atoms with van der Waals surface area (Å²) >= 11 is 0. The first-order chi connectivity index (χ1) is 8.69. The lowest BCUT2D eigenvalue weighted by Crippen LogP contribution is -2.28. The van der Waals surface area contributed by atoms with E-state index in [1.165, 1.54) is 6.07 Å². The minimum absolute atomic E-state index is 0.328. The molecule has 0 radical (unpaired) electrons. The van der Waals surface area contributed by atoms with Gasteiger partial charge in [-0.05, 0) is 37.9 Å². The minimum Gasteiger partial charge on any atom is -0.314 e. The Bertz CT molecular complexity index is 384. The number of hydrogen-bond acceptors (Lipinski definition) is 2. The van der Waals surface area contributed by atoms with Gasteiger partial charge in [0.15, 0.2) is 0 Å². The smallest absolute Gasteiger partial charge is 0.139 e. The Kier molecular flexibility index (Phi) is 7.13. The highest BCUT2D eigenvalue weighted by atomic mass is 32.2. The maximum atomic E-state index is 13.4. The molecule has 1 rings (SSSR count). The predicted molar refractivity (Wildman–Crippen MR) is 74.7 cm³/mol. The number of nitrogens with one attached hydrogen (secondary N) is 1. The minimum atomic E-state index is -1.22.